The molecule has 1 aliphatic carbocycles. The van der Waals surface area contributed by atoms with Gasteiger partial charge in [-0.1, -0.05) is 36.4 Å². The number of benzene rings is 1. The van der Waals surface area contributed by atoms with Gasteiger partial charge < -0.3 is 24.6 Å². The first-order valence-corrected chi connectivity index (χ1v) is 9.87. The Balaban J connectivity index is 1.52. The summed E-state index contributed by atoms with van der Waals surface area (Å²) in [7, 11) is 1.29. The van der Waals surface area contributed by atoms with Gasteiger partial charge in [0.15, 0.2) is 0 Å². The number of fused-ring (bicyclic) bond motifs is 1. The van der Waals surface area contributed by atoms with Crippen molar-refractivity contribution in [2.45, 2.75) is 37.2 Å². The Hall–Kier alpha value is -2.97. The zero-order valence-electron chi connectivity index (χ0n) is 16.5. The number of ether oxygens (including phenoxy) is 2. The van der Waals surface area contributed by atoms with Crippen LogP contribution in [-0.4, -0.2) is 64.1 Å². The van der Waals surface area contributed by atoms with Crippen LogP contribution in [-0.2, 0) is 16.1 Å². The maximum atomic E-state index is 12.8. The van der Waals surface area contributed by atoms with Crippen LogP contribution >= 0.6 is 0 Å². The third kappa shape index (κ3) is 3.76. The molecular weight excluding hydrogens is 388 g/mol. The molecule has 1 aliphatic heterocycles. The summed E-state index contributed by atoms with van der Waals surface area (Å²) in [6, 6.07) is 12.2. The summed E-state index contributed by atoms with van der Waals surface area (Å²) in [4.78, 5) is 30.1. The van der Waals surface area contributed by atoms with E-state index < -0.39 is 30.3 Å². The Bertz CT molecular complexity index is 904. The Labute approximate surface area is 174 Å². The van der Waals surface area contributed by atoms with E-state index in [9.17, 15) is 19.8 Å². The number of carbonyl (C=O) groups excluding carboxylic acids is 2. The number of aliphatic hydroxyl groups is 2. The lowest BCUT2D eigenvalue weighted by Crippen LogP contribution is -2.45. The standard InChI is InChI=1S/C22H24N2O6/c1-29-21(27)17-8-7-14(10-23-17)16-11-24(19-15(16)9-18(25)20(19)26)22(28)30-12-13-5-3-2-4-6-13/h2-8,10,15-16,18-20,25-26H,9,11-12H2,1H3/t15-,16+,18+,19+,20+/m0/s1. The maximum Gasteiger partial charge on any atom is 0.410 e. The molecule has 0 radical (unpaired) electrons. The Morgan fingerprint density at radius 1 is 1.17 bits per heavy atom. The average Bonchev–Trinajstić information content (AvgIpc) is 3.29. The van der Waals surface area contributed by atoms with E-state index in [1.165, 1.54) is 12.0 Å². The lowest BCUT2D eigenvalue weighted by molar-refractivity contribution is 0.00151. The second kappa shape index (κ2) is 8.41. The van der Waals surface area contributed by atoms with Gasteiger partial charge in [-0.25, -0.2) is 14.6 Å². The Kier molecular flexibility index (Phi) is 5.69. The molecule has 1 saturated carbocycles. The van der Waals surface area contributed by atoms with Crippen molar-refractivity contribution in [3.63, 3.8) is 0 Å². The Morgan fingerprint density at radius 2 is 1.93 bits per heavy atom. The fourth-order valence-electron chi connectivity index (χ4n) is 4.53. The largest absolute Gasteiger partial charge is 0.464 e. The van der Waals surface area contributed by atoms with Crippen molar-refractivity contribution in [3.8, 4) is 0 Å². The number of aliphatic hydroxyl groups excluding tert-OH is 2. The second-order valence-corrected chi connectivity index (χ2v) is 7.72. The zero-order valence-corrected chi connectivity index (χ0v) is 16.5. The van der Waals surface area contributed by atoms with Crippen LogP contribution in [0.15, 0.2) is 48.7 Å². The van der Waals surface area contributed by atoms with Crippen molar-refractivity contribution < 1.29 is 29.3 Å². The van der Waals surface area contributed by atoms with Gasteiger partial charge in [-0.3, -0.25) is 0 Å². The van der Waals surface area contributed by atoms with Crippen molar-refractivity contribution in [1.29, 1.82) is 0 Å². The first kappa shape index (κ1) is 20.3. The topological polar surface area (TPSA) is 109 Å². The number of pyridine rings is 1. The smallest absolute Gasteiger partial charge is 0.410 e. The minimum atomic E-state index is -1.04. The van der Waals surface area contributed by atoms with E-state index in [1.807, 2.05) is 30.3 Å². The normalized spacial score (nSPS) is 27.6. The van der Waals surface area contributed by atoms with Gasteiger partial charge in [-0.2, -0.15) is 0 Å². The van der Waals surface area contributed by atoms with E-state index in [2.05, 4.69) is 9.72 Å². The van der Waals surface area contributed by atoms with Crippen LogP contribution < -0.4 is 0 Å². The number of likely N-dealkylation sites (tertiary alicyclic amines) is 1. The summed E-state index contributed by atoms with van der Waals surface area (Å²) in [5, 5.41) is 20.7. The number of rotatable bonds is 4. The van der Waals surface area contributed by atoms with Gasteiger partial charge >= 0.3 is 12.1 Å². The van der Waals surface area contributed by atoms with Gasteiger partial charge in [0.25, 0.3) is 0 Å². The molecule has 1 aromatic heterocycles. The van der Waals surface area contributed by atoms with E-state index in [0.717, 1.165) is 11.1 Å². The van der Waals surface area contributed by atoms with Gasteiger partial charge in [0.05, 0.1) is 19.3 Å². The highest BCUT2D eigenvalue weighted by Gasteiger charge is 2.55. The monoisotopic (exact) mass is 412 g/mol. The first-order chi connectivity index (χ1) is 14.5. The zero-order chi connectivity index (χ0) is 21.3. The highest BCUT2D eigenvalue weighted by atomic mass is 16.6. The lowest BCUT2D eigenvalue weighted by atomic mass is 9.87. The van der Waals surface area contributed by atoms with Crippen molar-refractivity contribution in [3.05, 3.63) is 65.5 Å². The van der Waals surface area contributed by atoms with E-state index >= 15 is 0 Å². The molecule has 2 N–H and O–H groups in total. The molecule has 2 aliphatic rings. The van der Waals surface area contributed by atoms with Gasteiger partial charge in [-0.15, -0.1) is 0 Å². The average molecular weight is 412 g/mol. The fraction of sp³-hybridized carbons (Fsp3) is 0.409. The summed E-state index contributed by atoms with van der Waals surface area (Å²) < 4.78 is 10.1. The molecule has 1 aromatic carbocycles. The first-order valence-electron chi connectivity index (χ1n) is 9.87. The molecule has 1 amide bonds. The van der Waals surface area contributed by atoms with Crippen LogP contribution in [0, 0.1) is 5.92 Å². The van der Waals surface area contributed by atoms with Crippen LogP contribution in [0.2, 0.25) is 0 Å². The second-order valence-electron chi connectivity index (χ2n) is 7.72. The predicted octanol–water partition coefficient (Wildman–Crippen LogP) is 1.71. The molecule has 5 atom stereocenters. The van der Waals surface area contributed by atoms with Crippen LogP contribution in [0.3, 0.4) is 0 Å². The summed E-state index contributed by atoms with van der Waals surface area (Å²) >= 11 is 0. The number of aromatic nitrogens is 1. The lowest BCUT2D eigenvalue weighted by Gasteiger charge is -2.26. The molecule has 4 rings (SSSR count). The predicted molar refractivity (Wildman–Crippen MR) is 106 cm³/mol. The molecule has 30 heavy (non-hydrogen) atoms. The van der Waals surface area contributed by atoms with Crippen LogP contribution in [0.25, 0.3) is 0 Å². The number of hydrogen-bond donors (Lipinski definition) is 2. The molecule has 1 saturated heterocycles. The fourth-order valence-corrected chi connectivity index (χ4v) is 4.53. The van der Waals surface area contributed by atoms with Crippen molar-refractivity contribution in [2.24, 2.45) is 5.92 Å². The third-order valence-corrected chi connectivity index (χ3v) is 6.02. The van der Waals surface area contributed by atoms with Gasteiger partial charge in [-0.05, 0) is 29.5 Å². The molecule has 2 fully saturated rings. The number of amides is 1. The van der Waals surface area contributed by atoms with E-state index in [0.29, 0.717) is 13.0 Å². The molecule has 8 heteroatoms. The SMILES string of the molecule is COC(=O)c1ccc([C@H]2CN(C(=O)OCc3ccccc3)[C@H]3[C@H](O)[C@H](O)C[C@H]32)cn1. The molecule has 2 heterocycles. The minimum Gasteiger partial charge on any atom is -0.464 e. The summed E-state index contributed by atoms with van der Waals surface area (Å²) in [6.45, 7) is 0.470. The third-order valence-electron chi connectivity index (χ3n) is 6.02. The minimum absolute atomic E-state index is 0.131. The number of methoxy groups -OCH3 is 1. The van der Waals surface area contributed by atoms with E-state index in [4.69, 9.17) is 4.74 Å². The number of hydrogen-bond acceptors (Lipinski definition) is 7. The molecule has 0 bridgehead atoms. The van der Waals surface area contributed by atoms with Crippen molar-refractivity contribution in [1.82, 2.24) is 9.88 Å². The van der Waals surface area contributed by atoms with Crippen molar-refractivity contribution >= 4 is 12.1 Å². The number of nitrogens with zero attached hydrogens (tertiary/aromatic N) is 2. The maximum absolute atomic E-state index is 12.8. The molecule has 0 spiro atoms. The highest BCUT2D eigenvalue weighted by Crippen LogP contribution is 2.46. The summed E-state index contributed by atoms with van der Waals surface area (Å²) in [5.74, 6) is -0.793. The van der Waals surface area contributed by atoms with Crippen molar-refractivity contribution in [2.75, 3.05) is 13.7 Å². The molecule has 2 aromatic rings. The van der Waals surface area contributed by atoms with E-state index in [-0.39, 0.29) is 24.1 Å². The molecule has 158 valence electrons. The molecule has 0 unspecified atom stereocenters. The van der Waals surface area contributed by atoms with Gasteiger partial charge in [0, 0.05) is 18.7 Å². The quantitative estimate of drug-likeness (QED) is 0.736. The summed E-state index contributed by atoms with van der Waals surface area (Å²) in [6.07, 6.45) is -0.508. The van der Waals surface area contributed by atoms with Gasteiger partial charge in [0.1, 0.15) is 18.4 Å². The Morgan fingerprint density at radius 3 is 2.60 bits per heavy atom. The number of esters is 1. The summed E-state index contributed by atoms with van der Waals surface area (Å²) in [5.41, 5.74) is 1.89. The van der Waals surface area contributed by atoms with Crippen LogP contribution in [0.1, 0.15) is 34.0 Å². The highest BCUT2D eigenvalue weighted by molar-refractivity contribution is 5.87. The molecule has 8 nitrogen and oxygen atoms in total. The number of carbonyl (C=O) groups is 2. The van der Waals surface area contributed by atoms with Gasteiger partial charge in [0.2, 0.25) is 0 Å². The van der Waals surface area contributed by atoms with Crippen LogP contribution in [0.5, 0.6) is 0 Å². The van der Waals surface area contributed by atoms with Crippen LogP contribution in [0.4, 0.5) is 4.79 Å². The van der Waals surface area contributed by atoms with E-state index in [1.54, 1.807) is 18.3 Å². The molecular formula is C22H24N2O6.